The molecular weight excluding hydrogens is 148 g/mol. The van der Waals surface area contributed by atoms with Crippen LogP contribution in [0.5, 0.6) is 0 Å². The molecule has 1 N–H and O–H groups in total. The van der Waals surface area contributed by atoms with E-state index in [9.17, 15) is 0 Å². The Labute approximate surface area is 75.2 Å². The van der Waals surface area contributed by atoms with Crippen LogP contribution in [0.25, 0.3) is 0 Å². The largest absolute Gasteiger partial charge is 0.299 e. The van der Waals surface area contributed by atoms with E-state index in [1.807, 2.05) is 26.8 Å². The van der Waals surface area contributed by atoms with Crippen LogP contribution in [0, 0.1) is 5.41 Å². The third kappa shape index (κ3) is 3.86. The summed E-state index contributed by atoms with van der Waals surface area (Å²) in [6, 6.07) is 0. The Balaban J connectivity index is 0. The van der Waals surface area contributed by atoms with Gasteiger partial charge in [0.15, 0.2) is 0 Å². The highest BCUT2D eigenvalue weighted by Gasteiger charge is 1.98. The highest BCUT2D eigenvalue weighted by Crippen LogP contribution is 2.02. The Hall–Kier alpha value is -1.18. The molecule has 1 rings (SSSR count). The summed E-state index contributed by atoms with van der Waals surface area (Å²) >= 11 is 0. The highest BCUT2D eigenvalue weighted by molar-refractivity contribution is 6.10. The lowest BCUT2D eigenvalue weighted by atomic mass is 10.2. The Morgan fingerprint density at radius 1 is 1.42 bits per heavy atom. The van der Waals surface area contributed by atoms with E-state index in [1.165, 1.54) is 0 Å². The van der Waals surface area contributed by atoms with Gasteiger partial charge in [-0.3, -0.25) is 10.4 Å². The molecule has 0 radical (unpaired) electrons. The van der Waals surface area contributed by atoms with Crippen LogP contribution in [-0.2, 0) is 0 Å². The Morgan fingerprint density at radius 3 is 2.33 bits per heavy atom. The maximum Gasteiger partial charge on any atom is 0.0836 e. The van der Waals surface area contributed by atoms with Crippen molar-refractivity contribution in [2.24, 2.45) is 4.99 Å². The standard InChI is InChI=1S/C7H8N2.C2H6.CH4/c1-2-7-6(8)4-3-5-9-7;1-2;/h2-5,8H,1H3;1-2H3;1H4/b7-2-,8-6?;;. The summed E-state index contributed by atoms with van der Waals surface area (Å²) in [6.07, 6.45) is 6.99. The van der Waals surface area contributed by atoms with Crippen LogP contribution in [-0.4, -0.2) is 11.9 Å². The van der Waals surface area contributed by atoms with Gasteiger partial charge in [-0.15, -0.1) is 0 Å². The van der Waals surface area contributed by atoms with Gasteiger partial charge in [-0.05, 0) is 19.1 Å². The molecule has 0 saturated heterocycles. The predicted molar refractivity (Wildman–Crippen MR) is 57.2 cm³/mol. The van der Waals surface area contributed by atoms with Gasteiger partial charge in [-0.2, -0.15) is 0 Å². The van der Waals surface area contributed by atoms with E-state index in [2.05, 4.69) is 4.99 Å². The lowest BCUT2D eigenvalue weighted by Crippen LogP contribution is -1.98. The topological polar surface area (TPSA) is 36.2 Å². The molecule has 0 bridgehead atoms. The molecule has 2 nitrogen and oxygen atoms in total. The molecule has 0 aliphatic carbocycles. The number of nitrogens with one attached hydrogen (secondary N) is 1. The van der Waals surface area contributed by atoms with Crippen molar-refractivity contribution in [3.63, 3.8) is 0 Å². The van der Waals surface area contributed by atoms with Gasteiger partial charge in [0.1, 0.15) is 0 Å². The molecule has 0 saturated carbocycles. The number of aliphatic imine (C=N–C) groups is 1. The summed E-state index contributed by atoms with van der Waals surface area (Å²) in [4.78, 5) is 3.95. The molecule has 68 valence electrons. The fourth-order valence-corrected chi connectivity index (χ4v) is 0.648. The first-order valence-corrected chi connectivity index (χ1v) is 3.80. The van der Waals surface area contributed by atoms with Crippen molar-refractivity contribution < 1.29 is 0 Å². The van der Waals surface area contributed by atoms with Gasteiger partial charge in [-0.1, -0.05) is 27.4 Å². The number of hydrogen-bond acceptors (Lipinski definition) is 2. The third-order valence-corrected chi connectivity index (χ3v) is 1.11. The summed E-state index contributed by atoms with van der Waals surface area (Å²) in [6.45, 7) is 5.88. The van der Waals surface area contributed by atoms with E-state index in [0.29, 0.717) is 5.71 Å². The van der Waals surface area contributed by atoms with E-state index in [-0.39, 0.29) is 7.43 Å². The Bertz CT molecular complexity index is 210. The normalized spacial score (nSPS) is 16.6. The first kappa shape index (κ1) is 13.4. The van der Waals surface area contributed by atoms with Gasteiger partial charge < -0.3 is 0 Å². The molecule has 0 aromatic rings. The lowest BCUT2D eigenvalue weighted by molar-refractivity contribution is 1.38. The predicted octanol–water partition coefficient (Wildman–Crippen LogP) is 3.21. The molecule has 0 unspecified atom stereocenters. The van der Waals surface area contributed by atoms with Crippen LogP contribution in [0.1, 0.15) is 28.2 Å². The first-order valence-electron chi connectivity index (χ1n) is 3.80. The first-order chi connectivity index (χ1) is 5.34. The molecule has 1 heterocycles. The molecule has 12 heavy (non-hydrogen) atoms. The summed E-state index contributed by atoms with van der Waals surface area (Å²) in [5, 5.41) is 7.28. The Morgan fingerprint density at radius 2 is 2.00 bits per heavy atom. The van der Waals surface area contributed by atoms with Gasteiger partial charge in [0.2, 0.25) is 0 Å². The van der Waals surface area contributed by atoms with Crippen LogP contribution in [0.4, 0.5) is 0 Å². The molecule has 0 spiro atoms. The minimum absolute atomic E-state index is 0. The summed E-state index contributed by atoms with van der Waals surface area (Å²) in [7, 11) is 0. The van der Waals surface area contributed by atoms with Gasteiger partial charge in [0, 0.05) is 6.21 Å². The molecule has 1 aliphatic heterocycles. The van der Waals surface area contributed by atoms with Crippen LogP contribution >= 0.6 is 0 Å². The van der Waals surface area contributed by atoms with Crippen molar-refractivity contribution in [1.29, 1.82) is 5.41 Å². The monoisotopic (exact) mass is 166 g/mol. The van der Waals surface area contributed by atoms with E-state index < -0.39 is 0 Å². The summed E-state index contributed by atoms with van der Waals surface area (Å²) in [5.74, 6) is 0. The van der Waals surface area contributed by atoms with Crippen molar-refractivity contribution in [3.8, 4) is 0 Å². The van der Waals surface area contributed by atoms with Gasteiger partial charge in [0.25, 0.3) is 0 Å². The van der Waals surface area contributed by atoms with Crippen molar-refractivity contribution in [2.75, 3.05) is 0 Å². The molecule has 0 aromatic carbocycles. The molecule has 0 atom stereocenters. The SMILES string of the molecule is C.C/C=C1\N=CC=CC1=N.CC. The molecule has 0 aromatic heterocycles. The van der Waals surface area contributed by atoms with Gasteiger partial charge in [0.05, 0.1) is 11.4 Å². The highest BCUT2D eigenvalue weighted by atomic mass is 14.8. The van der Waals surface area contributed by atoms with Crippen molar-refractivity contribution in [2.45, 2.75) is 28.2 Å². The zero-order valence-corrected chi connectivity index (χ0v) is 7.26. The average Bonchev–Trinajstić information content (AvgIpc) is 2.09. The van der Waals surface area contributed by atoms with E-state index in [0.717, 1.165) is 5.70 Å². The average molecular weight is 166 g/mol. The minimum Gasteiger partial charge on any atom is -0.299 e. The van der Waals surface area contributed by atoms with Crippen molar-refractivity contribution in [3.05, 3.63) is 23.9 Å². The summed E-state index contributed by atoms with van der Waals surface area (Å²) < 4.78 is 0. The third-order valence-electron chi connectivity index (χ3n) is 1.11. The second-order valence-corrected chi connectivity index (χ2v) is 1.72. The zero-order valence-electron chi connectivity index (χ0n) is 7.26. The number of nitrogens with zero attached hydrogens (tertiary/aromatic N) is 1. The number of hydrogen-bond donors (Lipinski definition) is 1. The fourth-order valence-electron chi connectivity index (χ4n) is 0.648. The van der Waals surface area contributed by atoms with E-state index in [4.69, 9.17) is 5.41 Å². The quantitative estimate of drug-likeness (QED) is 0.573. The molecule has 0 fully saturated rings. The molecule has 1 aliphatic rings. The summed E-state index contributed by atoms with van der Waals surface area (Å²) in [5.41, 5.74) is 1.23. The van der Waals surface area contributed by atoms with Crippen LogP contribution in [0.2, 0.25) is 0 Å². The minimum atomic E-state index is 0. The molecule has 2 heteroatoms. The maximum absolute atomic E-state index is 7.28. The zero-order chi connectivity index (χ0) is 8.69. The van der Waals surface area contributed by atoms with Crippen LogP contribution in [0.3, 0.4) is 0 Å². The second kappa shape index (κ2) is 7.92. The maximum atomic E-state index is 7.28. The van der Waals surface area contributed by atoms with Gasteiger partial charge >= 0.3 is 0 Å². The van der Waals surface area contributed by atoms with Gasteiger partial charge in [-0.25, -0.2) is 0 Å². The molecule has 0 amide bonds. The number of allylic oxidation sites excluding steroid dienone is 3. The fraction of sp³-hybridized carbons (Fsp3) is 0.400. The second-order valence-electron chi connectivity index (χ2n) is 1.72. The smallest absolute Gasteiger partial charge is 0.0836 e. The van der Waals surface area contributed by atoms with Crippen LogP contribution in [0.15, 0.2) is 28.9 Å². The van der Waals surface area contributed by atoms with Crippen molar-refractivity contribution in [1.82, 2.24) is 0 Å². The molecular formula is C10H18N2. The number of dihydropyridines is 1. The van der Waals surface area contributed by atoms with E-state index in [1.54, 1.807) is 18.4 Å². The lowest BCUT2D eigenvalue weighted by Gasteiger charge is -1.99. The van der Waals surface area contributed by atoms with Crippen LogP contribution < -0.4 is 0 Å². The Kier molecular flexibility index (Phi) is 8.85. The number of rotatable bonds is 0. The van der Waals surface area contributed by atoms with E-state index >= 15 is 0 Å². The van der Waals surface area contributed by atoms with Crippen molar-refractivity contribution >= 4 is 11.9 Å².